The quantitative estimate of drug-likeness (QED) is 0.779. The molecule has 0 saturated heterocycles. The van der Waals surface area contributed by atoms with Crippen molar-refractivity contribution < 1.29 is 9.47 Å². The van der Waals surface area contributed by atoms with Crippen LogP contribution in [0.4, 0.5) is 0 Å². The molecule has 1 heterocycles. The average molecular weight is 296 g/mol. The molecule has 0 atom stereocenters. The topological polar surface area (TPSA) is 31.4 Å². The van der Waals surface area contributed by atoms with Crippen LogP contribution in [0.2, 0.25) is 5.02 Å². The number of hydrogen-bond donors (Lipinski definition) is 0. The van der Waals surface area contributed by atoms with Crippen LogP contribution in [-0.4, -0.2) is 19.2 Å². The molecule has 0 aliphatic rings. The maximum atomic E-state index is 5.85. The largest absolute Gasteiger partial charge is 0.491 e. The van der Waals surface area contributed by atoms with Crippen molar-refractivity contribution in [2.45, 2.75) is 10.6 Å². The predicted octanol–water partition coefficient (Wildman–Crippen LogP) is 4.04. The first-order valence-electron chi connectivity index (χ1n) is 5.68. The van der Waals surface area contributed by atoms with Crippen molar-refractivity contribution in [2.75, 3.05) is 14.2 Å². The fourth-order valence-electron chi connectivity index (χ4n) is 1.54. The molecule has 0 aliphatic heterocycles. The molecule has 0 unspecified atom stereocenters. The fourth-order valence-corrected chi connectivity index (χ4v) is 2.51. The van der Waals surface area contributed by atoms with Crippen LogP contribution < -0.4 is 9.47 Å². The van der Waals surface area contributed by atoms with Crippen LogP contribution in [0.15, 0.2) is 41.4 Å². The number of hydrogen-bond acceptors (Lipinski definition) is 4. The van der Waals surface area contributed by atoms with E-state index in [0.29, 0.717) is 11.6 Å². The summed E-state index contributed by atoms with van der Waals surface area (Å²) in [6.45, 7) is 0. The monoisotopic (exact) mass is 295 g/mol. The fraction of sp³-hybridized carbons (Fsp3) is 0.214. The number of nitrogens with zero attached hydrogens (tertiary/aromatic N) is 1. The van der Waals surface area contributed by atoms with E-state index in [1.807, 2.05) is 30.3 Å². The highest BCUT2D eigenvalue weighted by Gasteiger charge is 2.06. The van der Waals surface area contributed by atoms with Crippen molar-refractivity contribution in [2.24, 2.45) is 0 Å². The van der Waals surface area contributed by atoms with Crippen LogP contribution in [0.1, 0.15) is 5.56 Å². The van der Waals surface area contributed by atoms with Gasteiger partial charge in [0.05, 0.1) is 14.2 Å². The van der Waals surface area contributed by atoms with Gasteiger partial charge in [-0.3, -0.25) is 0 Å². The van der Waals surface area contributed by atoms with Crippen LogP contribution >= 0.6 is 23.4 Å². The van der Waals surface area contributed by atoms with E-state index in [4.69, 9.17) is 21.1 Å². The van der Waals surface area contributed by atoms with Gasteiger partial charge in [0, 0.05) is 27.9 Å². The van der Waals surface area contributed by atoms with Gasteiger partial charge >= 0.3 is 0 Å². The van der Waals surface area contributed by atoms with Crippen LogP contribution in [0.3, 0.4) is 0 Å². The number of rotatable bonds is 5. The van der Waals surface area contributed by atoms with Crippen molar-refractivity contribution in [1.29, 1.82) is 0 Å². The molecule has 0 amide bonds. The zero-order valence-corrected chi connectivity index (χ0v) is 12.3. The lowest BCUT2D eigenvalue weighted by molar-refractivity contribution is 0.341. The van der Waals surface area contributed by atoms with Gasteiger partial charge in [0.15, 0.2) is 5.75 Å². The number of pyridine rings is 1. The maximum absolute atomic E-state index is 5.85. The Morgan fingerprint density at radius 2 is 1.89 bits per heavy atom. The summed E-state index contributed by atoms with van der Waals surface area (Å²) >= 11 is 7.54. The number of halogens is 1. The molecule has 1 aromatic heterocycles. The SMILES string of the molecule is COc1cc(SCc2ccc(Cl)cc2)cnc1OC. The Balaban J connectivity index is 2.05. The standard InChI is InChI=1S/C14H14ClNO2S/c1-17-13-7-12(8-16-14(13)18-2)19-9-10-3-5-11(15)6-4-10/h3-8H,9H2,1-2H3. The lowest BCUT2D eigenvalue weighted by Gasteiger charge is -2.08. The van der Waals surface area contributed by atoms with E-state index < -0.39 is 0 Å². The van der Waals surface area contributed by atoms with Gasteiger partial charge in [-0.15, -0.1) is 11.8 Å². The second-order valence-corrected chi connectivity index (χ2v) is 5.28. The van der Waals surface area contributed by atoms with Crippen molar-refractivity contribution in [3.63, 3.8) is 0 Å². The van der Waals surface area contributed by atoms with E-state index in [2.05, 4.69) is 4.98 Å². The van der Waals surface area contributed by atoms with Crippen molar-refractivity contribution in [3.05, 3.63) is 47.1 Å². The van der Waals surface area contributed by atoms with Crippen molar-refractivity contribution in [3.8, 4) is 11.6 Å². The van der Waals surface area contributed by atoms with E-state index in [9.17, 15) is 0 Å². The van der Waals surface area contributed by atoms with E-state index in [-0.39, 0.29) is 0 Å². The Hall–Kier alpha value is -1.39. The number of aromatic nitrogens is 1. The Kier molecular flexibility index (Phi) is 4.93. The van der Waals surface area contributed by atoms with Crippen molar-refractivity contribution in [1.82, 2.24) is 4.98 Å². The third-order valence-corrected chi connectivity index (χ3v) is 3.81. The summed E-state index contributed by atoms with van der Waals surface area (Å²) in [5, 5.41) is 0.751. The molecule has 0 saturated carbocycles. The summed E-state index contributed by atoms with van der Waals surface area (Å²) in [7, 11) is 3.18. The predicted molar refractivity (Wildman–Crippen MR) is 78.4 cm³/mol. The van der Waals surface area contributed by atoms with Gasteiger partial charge in [-0.2, -0.15) is 0 Å². The smallest absolute Gasteiger partial charge is 0.256 e. The third-order valence-electron chi connectivity index (χ3n) is 2.53. The van der Waals surface area contributed by atoms with Crippen LogP contribution in [-0.2, 0) is 5.75 Å². The van der Waals surface area contributed by atoms with Gasteiger partial charge in [-0.25, -0.2) is 4.98 Å². The number of benzene rings is 1. The lowest BCUT2D eigenvalue weighted by atomic mass is 10.2. The molecule has 5 heteroatoms. The highest BCUT2D eigenvalue weighted by atomic mass is 35.5. The van der Waals surface area contributed by atoms with Crippen LogP contribution in [0, 0.1) is 0 Å². The summed E-state index contributed by atoms with van der Waals surface area (Å²) in [6, 6.07) is 9.74. The minimum Gasteiger partial charge on any atom is -0.491 e. The minimum absolute atomic E-state index is 0.498. The third kappa shape index (κ3) is 3.78. The summed E-state index contributed by atoms with van der Waals surface area (Å²) in [4.78, 5) is 5.24. The average Bonchev–Trinajstić information content (AvgIpc) is 2.46. The molecule has 1 aromatic carbocycles. The summed E-state index contributed by atoms with van der Waals surface area (Å²) in [6.07, 6.45) is 1.78. The first-order valence-corrected chi connectivity index (χ1v) is 7.04. The summed E-state index contributed by atoms with van der Waals surface area (Å²) in [5.41, 5.74) is 1.21. The molecule has 0 radical (unpaired) electrons. The zero-order chi connectivity index (χ0) is 13.7. The summed E-state index contributed by atoms with van der Waals surface area (Å²) < 4.78 is 10.3. The van der Waals surface area contributed by atoms with Crippen LogP contribution in [0.25, 0.3) is 0 Å². The van der Waals surface area contributed by atoms with Gasteiger partial charge in [-0.05, 0) is 17.7 Å². The molecule has 2 aromatic rings. The van der Waals surface area contributed by atoms with E-state index >= 15 is 0 Å². The Morgan fingerprint density at radius 1 is 1.16 bits per heavy atom. The molecule has 0 N–H and O–H groups in total. The molecule has 19 heavy (non-hydrogen) atoms. The first-order chi connectivity index (χ1) is 9.22. The van der Waals surface area contributed by atoms with Gasteiger partial charge in [-0.1, -0.05) is 23.7 Å². The normalized spacial score (nSPS) is 10.3. The van der Waals surface area contributed by atoms with Crippen molar-refractivity contribution >= 4 is 23.4 Å². The van der Waals surface area contributed by atoms with Gasteiger partial charge in [0.2, 0.25) is 0 Å². The number of ether oxygens (including phenoxy) is 2. The first kappa shape index (κ1) is 14.0. The van der Waals surface area contributed by atoms with Gasteiger partial charge in [0.25, 0.3) is 5.88 Å². The second kappa shape index (κ2) is 6.68. The van der Waals surface area contributed by atoms with Crippen LogP contribution in [0.5, 0.6) is 11.6 Å². The molecular formula is C14H14ClNO2S. The summed E-state index contributed by atoms with van der Waals surface area (Å²) in [5.74, 6) is 2.00. The molecule has 3 nitrogen and oxygen atoms in total. The van der Waals surface area contributed by atoms with E-state index in [1.165, 1.54) is 5.56 Å². The zero-order valence-electron chi connectivity index (χ0n) is 10.7. The van der Waals surface area contributed by atoms with Gasteiger partial charge < -0.3 is 9.47 Å². The minimum atomic E-state index is 0.498. The molecule has 0 aliphatic carbocycles. The second-order valence-electron chi connectivity index (χ2n) is 3.80. The number of methoxy groups -OCH3 is 2. The van der Waals surface area contributed by atoms with E-state index in [1.54, 1.807) is 32.2 Å². The Morgan fingerprint density at radius 3 is 2.53 bits per heavy atom. The molecule has 0 fully saturated rings. The molecular weight excluding hydrogens is 282 g/mol. The number of thioether (sulfide) groups is 1. The molecule has 0 spiro atoms. The Bertz CT molecular complexity index is 546. The Labute approximate surface area is 121 Å². The highest BCUT2D eigenvalue weighted by molar-refractivity contribution is 7.98. The highest BCUT2D eigenvalue weighted by Crippen LogP contribution is 2.31. The van der Waals surface area contributed by atoms with Gasteiger partial charge in [0.1, 0.15) is 0 Å². The molecule has 2 rings (SSSR count). The van der Waals surface area contributed by atoms with E-state index in [0.717, 1.165) is 15.7 Å². The molecule has 100 valence electrons. The molecule has 0 bridgehead atoms. The maximum Gasteiger partial charge on any atom is 0.256 e. The lowest BCUT2D eigenvalue weighted by Crippen LogP contribution is -1.93.